The number of nitro benzene ring substituents is 1. The molecule has 0 heterocycles. The number of nitrogens with one attached hydrogen (secondary N) is 1. The van der Waals surface area contributed by atoms with Crippen molar-refractivity contribution in [2.24, 2.45) is 5.10 Å². The number of hydrogen-bond donors (Lipinski definition) is 1. The molecular weight excluding hydrogens is 272 g/mol. The molecule has 0 aliphatic rings. The molecule has 0 unspecified atom stereocenters. The highest BCUT2D eigenvalue weighted by Gasteiger charge is 2.10. The second-order valence-electron chi connectivity index (χ2n) is 4.51. The molecule has 0 aliphatic heterocycles. The highest BCUT2D eigenvalue weighted by molar-refractivity contribution is 6.00. The van der Waals surface area contributed by atoms with Gasteiger partial charge in [0.2, 0.25) is 5.91 Å². The number of hydrogen-bond acceptors (Lipinski definition) is 5. The second-order valence-corrected chi connectivity index (χ2v) is 4.51. The van der Waals surface area contributed by atoms with Crippen LogP contribution in [0.3, 0.4) is 0 Å². The summed E-state index contributed by atoms with van der Waals surface area (Å²) in [6.45, 7) is 6.99. The number of non-ortho nitro benzene ring substituents is 1. The maximum absolute atomic E-state index is 11.9. The van der Waals surface area contributed by atoms with Crippen molar-refractivity contribution in [2.45, 2.75) is 27.2 Å². The predicted octanol–water partition coefficient (Wildman–Crippen LogP) is 2.64. The Morgan fingerprint density at radius 3 is 2.33 bits per heavy atom. The topological polar surface area (TPSA) is 87.8 Å². The van der Waals surface area contributed by atoms with E-state index in [9.17, 15) is 14.9 Å². The Bertz CT molecular complexity index is 522. The van der Waals surface area contributed by atoms with Crippen LogP contribution >= 0.6 is 0 Å². The van der Waals surface area contributed by atoms with Crippen LogP contribution in [0.1, 0.15) is 27.2 Å². The lowest BCUT2D eigenvalue weighted by Gasteiger charge is -2.18. The minimum Gasteiger partial charge on any atom is -0.343 e. The van der Waals surface area contributed by atoms with Gasteiger partial charge in [-0.3, -0.25) is 20.3 Å². The lowest BCUT2D eigenvalue weighted by Crippen LogP contribution is -2.31. The predicted molar refractivity (Wildman–Crippen MR) is 82.4 cm³/mol. The van der Waals surface area contributed by atoms with Gasteiger partial charge in [-0.1, -0.05) is 0 Å². The molecule has 0 bridgehead atoms. The third-order valence-electron chi connectivity index (χ3n) is 2.98. The van der Waals surface area contributed by atoms with Crippen LogP contribution in [0, 0.1) is 10.1 Å². The highest BCUT2D eigenvalue weighted by atomic mass is 16.6. The summed E-state index contributed by atoms with van der Waals surface area (Å²) >= 11 is 0. The molecule has 1 aromatic carbocycles. The molecule has 7 nitrogen and oxygen atoms in total. The molecule has 0 aromatic heterocycles. The van der Waals surface area contributed by atoms with Crippen molar-refractivity contribution < 1.29 is 9.72 Å². The van der Waals surface area contributed by atoms with E-state index in [4.69, 9.17) is 0 Å². The van der Waals surface area contributed by atoms with Crippen molar-refractivity contribution in [2.75, 3.05) is 18.5 Å². The zero-order valence-corrected chi connectivity index (χ0v) is 12.5. The molecule has 0 saturated heterocycles. The summed E-state index contributed by atoms with van der Waals surface area (Å²) < 4.78 is 0. The molecule has 21 heavy (non-hydrogen) atoms. The number of amides is 1. The Labute approximate surface area is 123 Å². The number of nitrogens with zero attached hydrogens (tertiary/aromatic N) is 3. The molecule has 0 radical (unpaired) electrons. The molecule has 0 fully saturated rings. The summed E-state index contributed by atoms with van der Waals surface area (Å²) in [6, 6.07) is 5.94. The molecule has 0 spiro atoms. The third-order valence-corrected chi connectivity index (χ3v) is 2.98. The number of rotatable bonds is 7. The van der Waals surface area contributed by atoms with E-state index in [1.54, 1.807) is 24.0 Å². The molecule has 0 saturated carbocycles. The fraction of sp³-hybridized carbons (Fsp3) is 0.429. The maximum Gasteiger partial charge on any atom is 0.269 e. The Kier molecular flexibility index (Phi) is 6.32. The van der Waals surface area contributed by atoms with Gasteiger partial charge in [-0.25, -0.2) is 0 Å². The molecule has 1 aromatic rings. The van der Waals surface area contributed by atoms with Crippen molar-refractivity contribution in [3.05, 3.63) is 34.4 Å². The Morgan fingerprint density at radius 1 is 1.29 bits per heavy atom. The average Bonchev–Trinajstić information content (AvgIpc) is 2.46. The van der Waals surface area contributed by atoms with Crippen LogP contribution in [0.25, 0.3) is 0 Å². The van der Waals surface area contributed by atoms with Gasteiger partial charge in [-0.15, -0.1) is 0 Å². The molecular formula is C14H20N4O3. The normalized spacial score (nSPS) is 11.1. The molecule has 7 heteroatoms. The van der Waals surface area contributed by atoms with E-state index in [-0.39, 0.29) is 18.0 Å². The van der Waals surface area contributed by atoms with Crippen LogP contribution in [-0.4, -0.2) is 34.5 Å². The van der Waals surface area contributed by atoms with Gasteiger partial charge in [-0.2, -0.15) is 5.10 Å². The van der Waals surface area contributed by atoms with Gasteiger partial charge < -0.3 is 4.90 Å². The van der Waals surface area contributed by atoms with Gasteiger partial charge in [0.25, 0.3) is 5.69 Å². The molecule has 0 aliphatic carbocycles. The fourth-order valence-corrected chi connectivity index (χ4v) is 1.76. The van der Waals surface area contributed by atoms with Crippen molar-refractivity contribution in [3.63, 3.8) is 0 Å². The monoisotopic (exact) mass is 292 g/mol. The van der Waals surface area contributed by atoms with Crippen LogP contribution in [0.5, 0.6) is 0 Å². The quantitative estimate of drug-likeness (QED) is 0.475. The lowest BCUT2D eigenvalue weighted by molar-refractivity contribution is -0.384. The molecule has 1 rings (SSSR count). The SMILES string of the molecule is CCN(CC)C(=O)CC(C)=NNc1ccc([N+](=O)[O-])cc1. The summed E-state index contributed by atoms with van der Waals surface area (Å²) in [7, 11) is 0. The third kappa shape index (κ3) is 5.21. The maximum atomic E-state index is 11.9. The number of benzene rings is 1. The first-order valence-corrected chi connectivity index (χ1v) is 6.79. The number of hydrazone groups is 1. The Hall–Kier alpha value is -2.44. The van der Waals surface area contributed by atoms with Crippen LogP contribution in [-0.2, 0) is 4.79 Å². The van der Waals surface area contributed by atoms with Gasteiger partial charge in [0, 0.05) is 30.9 Å². The van der Waals surface area contributed by atoms with Gasteiger partial charge in [0.15, 0.2) is 0 Å². The highest BCUT2D eigenvalue weighted by Crippen LogP contribution is 2.15. The Morgan fingerprint density at radius 2 is 1.86 bits per heavy atom. The smallest absolute Gasteiger partial charge is 0.269 e. The van der Waals surface area contributed by atoms with E-state index in [0.717, 1.165) is 0 Å². The van der Waals surface area contributed by atoms with E-state index >= 15 is 0 Å². The Balaban J connectivity index is 2.59. The first-order valence-electron chi connectivity index (χ1n) is 6.79. The number of carbonyl (C=O) groups is 1. The minimum absolute atomic E-state index is 0.0259. The van der Waals surface area contributed by atoms with Crippen molar-refractivity contribution in [3.8, 4) is 0 Å². The number of carbonyl (C=O) groups excluding carboxylic acids is 1. The van der Waals surface area contributed by atoms with E-state index < -0.39 is 4.92 Å². The molecule has 0 atom stereocenters. The summed E-state index contributed by atoms with van der Waals surface area (Å²) in [5, 5.41) is 14.6. The summed E-state index contributed by atoms with van der Waals surface area (Å²) in [5.74, 6) is 0.0340. The van der Waals surface area contributed by atoms with E-state index in [2.05, 4.69) is 10.5 Å². The first kappa shape index (κ1) is 16.6. The van der Waals surface area contributed by atoms with Crippen molar-refractivity contribution in [1.29, 1.82) is 0 Å². The van der Waals surface area contributed by atoms with Gasteiger partial charge >= 0.3 is 0 Å². The molecule has 1 amide bonds. The van der Waals surface area contributed by atoms with Crippen LogP contribution in [0.2, 0.25) is 0 Å². The van der Waals surface area contributed by atoms with Crippen molar-refractivity contribution in [1.82, 2.24) is 4.90 Å². The molecule has 1 N–H and O–H groups in total. The first-order chi connectivity index (χ1) is 9.97. The summed E-state index contributed by atoms with van der Waals surface area (Å²) in [6.07, 6.45) is 0.252. The van der Waals surface area contributed by atoms with E-state index in [1.165, 1.54) is 12.1 Å². The van der Waals surface area contributed by atoms with Crippen molar-refractivity contribution >= 4 is 23.0 Å². The fourth-order valence-electron chi connectivity index (χ4n) is 1.76. The van der Waals surface area contributed by atoms with E-state index in [1.807, 2.05) is 13.8 Å². The minimum atomic E-state index is -0.457. The van der Waals surface area contributed by atoms with Gasteiger partial charge in [0.1, 0.15) is 0 Å². The number of anilines is 1. The standard InChI is InChI=1S/C14H20N4O3/c1-4-17(5-2)14(19)10-11(3)15-16-12-6-8-13(9-7-12)18(20)21/h6-9,16H,4-5,10H2,1-3H3. The largest absolute Gasteiger partial charge is 0.343 e. The van der Waals surface area contributed by atoms with Crippen LogP contribution in [0.4, 0.5) is 11.4 Å². The average molecular weight is 292 g/mol. The van der Waals surface area contributed by atoms with Gasteiger partial charge in [0.05, 0.1) is 17.0 Å². The summed E-state index contributed by atoms with van der Waals surface area (Å²) in [5.41, 5.74) is 4.10. The summed E-state index contributed by atoms with van der Waals surface area (Å²) in [4.78, 5) is 23.7. The van der Waals surface area contributed by atoms with Crippen LogP contribution < -0.4 is 5.43 Å². The molecule has 114 valence electrons. The zero-order valence-electron chi connectivity index (χ0n) is 12.5. The van der Waals surface area contributed by atoms with E-state index in [0.29, 0.717) is 24.5 Å². The lowest BCUT2D eigenvalue weighted by atomic mass is 10.2. The van der Waals surface area contributed by atoms with Gasteiger partial charge in [-0.05, 0) is 32.9 Å². The number of nitro groups is 1. The second kappa shape index (κ2) is 7.98. The van der Waals surface area contributed by atoms with Crippen LogP contribution in [0.15, 0.2) is 29.4 Å². The zero-order chi connectivity index (χ0) is 15.8.